The van der Waals surface area contributed by atoms with E-state index in [0.29, 0.717) is 0 Å². The van der Waals surface area contributed by atoms with E-state index < -0.39 is 6.10 Å². The van der Waals surface area contributed by atoms with E-state index >= 15 is 0 Å². The second-order valence-electron chi connectivity index (χ2n) is 3.57. The fourth-order valence-corrected chi connectivity index (χ4v) is 2.05. The van der Waals surface area contributed by atoms with E-state index in [0.717, 1.165) is 15.6 Å². The lowest BCUT2D eigenvalue weighted by Crippen LogP contribution is -1.91. The van der Waals surface area contributed by atoms with Gasteiger partial charge in [0.2, 0.25) is 0 Å². The van der Waals surface area contributed by atoms with Crippen LogP contribution in [-0.2, 0) is 7.05 Å². The molecule has 0 saturated carbocycles. The predicted molar refractivity (Wildman–Crippen MR) is 62.2 cm³/mol. The zero-order valence-corrected chi connectivity index (χ0v) is 9.98. The Bertz CT molecular complexity index is 464. The van der Waals surface area contributed by atoms with Gasteiger partial charge in [-0.05, 0) is 36.4 Å². The molecule has 2 rings (SSSR count). The van der Waals surface area contributed by atoms with Gasteiger partial charge in [-0.15, -0.1) is 10.2 Å². The third-order valence-electron chi connectivity index (χ3n) is 2.24. The summed E-state index contributed by atoms with van der Waals surface area (Å²) in [6.45, 7) is 1.75. The molecular weight excluding hydrogens is 222 g/mol. The highest BCUT2D eigenvalue weighted by molar-refractivity contribution is 7.99. The molecule has 1 N–H and O–H groups in total. The summed E-state index contributed by atoms with van der Waals surface area (Å²) in [4.78, 5) is 1.08. The van der Waals surface area contributed by atoms with Gasteiger partial charge >= 0.3 is 0 Å². The Morgan fingerprint density at radius 1 is 1.31 bits per heavy atom. The van der Waals surface area contributed by atoms with Crippen LogP contribution in [0.3, 0.4) is 0 Å². The van der Waals surface area contributed by atoms with Gasteiger partial charge in [0, 0.05) is 11.9 Å². The van der Waals surface area contributed by atoms with Gasteiger partial charge in [-0.1, -0.05) is 12.1 Å². The predicted octanol–water partition coefficient (Wildman–Crippen LogP) is 2.02. The summed E-state index contributed by atoms with van der Waals surface area (Å²) >= 11 is 1.55. The maximum Gasteiger partial charge on any atom is 0.195 e. The van der Waals surface area contributed by atoms with E-state index in [1.807, 2.05) is 35.9 Å². The Morgan fingerprint density at radius 2 is 2.00 bits per heavy atom. The van der Waals surface area contributed by atoms with Gasteiger partial charge in [0.25, 0.3) is 0 Å². The molecule has 2 aromatic rings. The molecule has 0 amide bonds. The largest absolute Gasteiger partial charge is 0.389 e. The molecule has 1 atom stereocenters. The van der Waals surface area contributed by atoms with Gasteiger partial charge in [0.15, 0.2) is 5.16 Å². The van der Waals surface area contributed by atoms with Crippen LogP contribution >= 0.6 is 11.8 Å². The van der Waals surface area contributed by atoms with Crippen LogP contribution in [0, 0.1) is 0 Å². The van der Waals surface area contributed by atoms with Gasteiger partial charge in [0.05, 0.1) is 6.10 Å². The first-order valence-corrected chi connectivity index (χ1v) is 5.78. The fraction of sp³-hybridized carbons (Fsp3) is 0.273. The number of aryl methyl sites for hydroxylation is 1. The molecule has 1 heterocycles. The molecule has 1 aromatic carbocycles. The first-order valence-electron chi connectivity index (χ1n) is 4.96. The lowest BCUT2D eigenvalue weighted by Gasteiger charge is -2.05. The van der Waals surface area contributed by atoms with E-state index in [4.69, 9.17) is 0 Å². The summed E-state index contributed by atoms with van der Waals surface area (Å²) in [5, 5.41) is 18.0. The Kier molecular flexibility index (Phi) is 3.26. The van der Waals surface area contributed by atoms with Crippen LogP contribution in [0.4, 0.5) is 0 Å². The number of rotatable bonds is 3. The van der Waals surface area contributed by atoms with Crippen molar-refractivity contribution in [3.05, 3.63) is 36.2 Å². The normalized spacial score (nSPS) is 12.7. The Labute approximate surface area is 98.3 Å². The number of aliphatic hydroxyl groups excluding tert-OH is 1. The van der Waals surface area contributed by atoms with Crippen molar-refractivity contribution in [1.82, 2.24) is 14.8 Å². The van der Waals surface area contributed by atoms with Crippen LogP contribution < -0.4 is 0 Å². The molecule has 0 fully saturated rings. The first kappa shape index (κ1) is 11.2. The van der Waals surface area contributed by atoms with Crippen LogP contribution in [0.1, 0.15) is 18.6 Å². The minimum absolute atomic E-state index is 0.422. The summed E-state index contributed by atoms with van der Waals surface area (Å²) < 4.78 is 1.87. The van der Waals surface area contributed by atoms with E-state index in [1.54, 1.807) is 25.0 Å². The number of hydrogen-bond acceptors (Lipinski definition) is 4. The van der Waals surface area contributed by atoms with Crippen molar-refractivity contribution < 1.29 is 5.11 Å². The van der Waals surface area contributed by atoms with Crippen LogP contribution in [0.5, 0.6) is 0 Å². The van der Waals surface area contributed by atoms with Crippen LogP contribution in [-0.4, -0.2) is 19.9 Å². The Morgan fingerprint density at radius 3 is 2.50 bits per heavy atom. The van der Waals surface area contributed by atoms with Gasteiger partial charge in [-0.3, -0.25) is 0 Å². The number of nitrogens with zero attached hydrogens (tertiary/aromatic N) is 3. The van der Waals surface area contributed by atoms with Gasteiger partial charge in [-0.25, -0.2) is 0 Å². The van der Waals surface area contributed by atoms with E-state index in [2.05, 4.69) is 10.2 Å². The standard InChI is InChI=1S/C11H13N3OS/c1-8(15)9-3-5-10(6-4-9)16-11-13-12-7-14(11)2/h3-8,15H,1-2H3. The van der Waals surface area contributed by atoms with Crippen molar-refractivity contribution in [3.63, 3.8) is 0 Å². The molecule has 0 saturated heterocycles. The molecular formula is C11H13N3OS. The number of aromatic nitrogens is 3. The Hall–Kier alpha value is -1.33. The van der Waals surface area contributed by atoms with Crippen molar-refractivity contribution in [2.24, 2.45) is 7.05 Å². The van der Waals surface area contributed by atoms with E-state index in [1.165, 1.54) is 0 Å². The monoisotopic (exact) mass is 235 g/mol. The van der Waals surface area contributed by atoms with Gasteiger partial charge in [-0.2, -0.15) is 0 Å². The third-order valence-corrected chi connectivity index (χ3v) is 3.30. The first-order chi connectivity index (χ1) is 7.66. The van der Waals surface area contributed by atoms with Gasteiger partial charge in [0.1, 0.15) is 6.33 Å². The highest BCUT2D eigenvalue weighted by Crippen LogP contribution is 2.26. The lowest BCUT2D eigenvalue weighted by molar-refractivity contribution is 0.199. The lowest BCUT2D eigenvalue weighted by atomic mass is 10.1. The van der Waals surface area contributed by atoms with Gasteiger partial charge < -0.3 is 9.67 Å². The van der Waals surface area contributed by atoms with Crippen LogP contribution in [0.2, 0.25) is 0 Å². The second-order valence-corrected chi connectivity index (χ2v) is 4.61. The fourth-order valence-electron chi connectivity index (χ4n) is 1.28. The minimum atomic E-state index is -0.422. The maximum absolute atomic E-state index is 9.38. The van der Waals surface area contributed by atoms with Crippen molar-refractivity contribution in [2.45, 2.75) is 23.1 Å². The molecule has 0 radical (unpaired) electrons. The molecule has 5 heteroatoms. The van der Waals surface area contributed by atoms with E-state index in [9.17, 15) is 5.11 Å². The summed E-state index contributed by atoms with van der Waals surface area (Å²) in [7, 11) is 1.91. The molecule has 1 unspecified atom stereocenters. The number of hydrogen-bond donors (Lipinski definition) is 1. The quantitative estimate of drug-likeness (QED) is 0.884. The maximum atomic E-state index is 9.38. The topological polar surface area (TPSA) is 50.9 Å². The molecule has 0 aliphatic heterocycles. The SMILES string of the molecule is CC(O)c1ccc(Sc2nncn2C)cc1. The summed E-state index contributed by atoms with van der Waals surface area (Å²) in [5.41, 5.74) is 0.919. The summed E-state index contributed by atoms with van der Waals surface area (Å²) in [6, 6.07) is 7.79. The smallest absolute Gasteiger partial charge is 0.195 e. The molecule has 4 nitrogen and oxygen atoms in total. The highest BCUT2D eigenvalue weighted by Gasteiger charge is 2.04. The average Bonchev–Trinajstić information content (AvgIpc) is 2.65. The molecule has 1 aromatic heterocycles. The zero-order valence-electron chi connectivity index (χ0n) is 9.16. The van der Waals surface area contributed by atoms with Crippen molar-refractivity contribution in [1.29, 1.82) is 0 Å². The van der Waals surface area contributed by atoms with Crippen molar-refractivity contribution >= 4 is 11.8 Å². The van der Waals surface area contributed by atoms with Crippen LogP contribution in [0.25, 0.3) is 0 Å². The summed E-state index contributed by atoms with van der Waals surface area (Å²) in [6.07, 6.45) is 1.25. The number of benzene rings is 1. The molecule has 0 aliphatic carbocycles. The molecule has 16 heavy (non-hydrogen) atoms. The average molecular weight is 235 g/mol. The minimum Gasteiger partial charge on any atom is -0.389 e. The highest BCUT2D eigenvalue weighted by atomic mass is 32.2. The van der Waals surface area contributed by atoms with Crippen molar-refractivity contribution in [3.8, 4) is 0 Å². The van der Waals surface area contributed by atoms with Crippen LogP contribution in [0.15, 0.2) is 40.6 Å². The number of aliphatic hydroxyl groups is 1. The third kappa shape index (κ3) is 2.43. The summed E-state index contributed by atoms with van der Waals surface area (Å²) in [5.74, 6) is 0. The molecule has 0 spiro atoms. The van der Waals surface area contributed by atoms with E-state index in [-0.39, 0.29) is 0 Å². The zero-order chi connectivity index (χ0) is 11.5. The molecule has 0 aliphatic rings. The van der Waals surface area contributed by atoms with Crippen molar-refractivity contribution in [2.75, 3.05) is 0 Å². The second kappa shape index (κ2) is 4.67. The molecule has 84 valence electrons. The Balaban J connectivity index is 2.14. The molecule has 0 bridgehead atoms.